The Morgan fingerprint density at radius 1 is 1.11 bits per heavy atom. The molecule has 4 nitrogen and oxygen atoms in total. The highest BCUT2D eigenvalue weighted by atomic mass is 16.5. The van der Waals surface area contributed by atoms with Gasteiger partial charge in [0, 0.05) is 6.42 Å². The zero-order valence-corrected chi connectivity index (χ0v) is 10.6. The Labute approximate surface area is 107 Å². The van der Waals surface area contributed by atoms with Crippen molar-refractivity contribution in [2.75, 3.05) is 13.2 Å². The summed E-state index contributed by atoms with van der Waals surface area (Å²) in [7, 11) is 0. The average Bonchev–Trinajstić information content (AvgIpc) is 2.38. The van der Waals surface area contributed by atoms with E-state index in [1.165, 1.54) is 0 Å². The minimum Gasteiger partial charge on any atom is -0.466 e. The van der Waals surface area contributed by atoms with Crippen LogP contribution in [0.15, 0.2) is 30.3 Å². The highest BCUT2D eigenvalue weighted by molar-refractivity contribution is 5.83. The molecule has 0 unspecified atom stereocenters. The van der Waals surface area contributed by atoms with Crippen LogP contribution in [0, 0.1) is 0 Å². The van der Waals surface area contributed by atoms with E-state index in [1.54, 1.807) is 6.92 Å². The Kier molecular flexibility index (Phi) is 6.72. The van der Waals surface area contributed by atoms with Crippen LogP contribution in [0.25, 0.3) is 0 Å². The number of rotatable bonds is 8. The molecule has 18 heavy (non-hydrogen) atoms. The number of ether oxygens (including phenoxy) is 2. The Balaban J connectivity index is 2.12. The fourth-order valence-electron chi connectivity index (χ4n) is 1.40. The van der Waals surface area contributed by atoms with Crippen LogP contribution in [-0.2, 0) is 25.7 Å². The highest BCUT2D eigenvalue weighted by Crippen LogP contribution is 2.01. The Morgan fingerprint density at radius 3 is 2.50 bits per heavy atom. The molecule has 0 aliphatic rings. The monoisotopic (exact) mass is 250 g/mol. The van der Waals surface area contributed by atoms with Gasteiger partial charge < -0.3 is 9.47 Å². The summed E-state index contributed by atoms with van der Waals surface area (Å²) < 4.78 is 10.0. The summed E-state index contributed by atoms with van der Waals surface area (Å²) in [5, 5.41) is 0. The molecule has 0 aromatic heterocycles. The molecule has 0 saturated carbocycles. The summed E-state index contributed by atoms with van der Waals surface area (Å²) in [5.74, 6) is -0.423. The highest BCUT2D eigenvalue weighted by Gasteiger charge is 2.07. The van der Waals surface area contributed by atoms with Crippen molar-refractivity contribution in [1.82, 2.24) is 0 Å². The Hall–Kier alpha value is -1.68. The molecule has 0 aliphatic heterocycles. The normalized spacial score (nSPS) is 10.1. The van der Waals surface area contributed by atoms with Gasteiger partial charge in [-0.25, -0.2) is 0 Å². The lowest BCUT2D eigenvalue weighted by atomic mass is 10.2. The lowest BCUT2D eigenvalue weighted by Crippen LogP contribution is -2.12. The van der Waals surface area contributed by atoms with Crippen molar-refractivity contribution in [1.29, 1.82) is 0 Å². The second-order valence-corrected chi connectivity index (χ2v) is 3.82. The molecule has 0 amide bonds. The van der Waals surface area contributed by atoms with Crippen LogP contribution in [0.4, 0.5) is 0 Å². The topological polar surface area (TPSA) is 52.6 Å². The molecule has 0 atom stereocenters. The van der Waals surface area contributed by atoms with Crippen molar-refractivity contribution in [3.63, 3.8) is 0 Å². The van der Waals surface area contributed by atoms with Gasteiger partial charge in [-0.15, -0.1) is 0 Å². The first kappa shape index (κ1) is 14.4. The molecule has 0 fully saturated rings. The van der Waals surface area contributed by atoms with Crippen molar-refractivity contribution < 1.29 is 19.1 Å². The summed E-state index contributed by atoms with van der Waals surface area (Å²) in [6.45, 7) is 2.53. The number of hydrogen-bond donors (Lipinski definition) is 0. The fraction of sp³-hybridized carbons (Fsp3) is 0.429. The molecule has 98 valence electrons. The van der Waals surface area contributed by atoms with Crippen LogP contribution in [0.1, 0.15) is 25.3 Å². The van der Waals surface area contributed by atoms with E-state index in [0.717, 1.165) is 5.56 Å². The number of carbonyl (C=O) groups is 2. The summed E-state index contributed by atoms with van der Waals surface area (Å²) in [4.78, 5) is 22.4. The second-order valence-electron chi connectivity index (χ2n) is 3.82. The first-order chi connectivity index (χ1) is 8.72. The van der Waals surface area contributed by atoms with Gasteiger partial charge in [-0.2, -0.15) is 0 Å². The maximum atomic E-state index is 11.4. The summed E-state index contributed by atoms with van der Waals surface area (Å²) >= 11 is 0. The minimum atomic E-state index is -0.339. The second kappa shape index (κ2) is 8.42. The maximum absolute atomic E-state index is 11.4. The van der Waals surface area contributed by atoms with Gasteiger partial charge in [-0.1, -0.05) is 30.3 Å². The van der Waals surface area contributed by atoms with Crippen molar-refractivity contribution in [2.45, 2.75) is 26.4 Å². The number of benzene rings is 1. The molecule has 0 spiro atoms. The van der Waals surface area contributed by atoms with Crippen molar-refractivity contribution >= 4 is 11.8 Å². The number of Topliss-reactive ketones (excluding diaryl/α,β-unsaturated/α-hetero) is 1. The predicted molar refractivity (Wildman–Crippen MR) is 67.0 cm³/mol. The van der Waals surface area contributed by atoms with E-state index in [9.17, 15) is 9.59 Å². The van der Waals surface area contributed by atoms with E-state index in [1.807, 2.05) is 30.3 Å². The third-order valence-electron chi connectivity index (χ3n) is 2.29. The maximum Gasteiger partial charge on any atom is 0.306 e. The van der Waals surface area contributed by atoms with Gasteiger partial charge in [0.15, 0.2) is 5.78 Å². The quantitative estimate of drug-likeness (QED) is 0.663. The molecule has 0 heterocycles. The number of carbonyl (C=O) groups excluding carboxylic acids is 2. The van der Waals surface area contributed by atoms with Gasteiger partial charge in [0.1, 0.15) is 6.61 Å². The lowest BCUT2D eigenvalue weighted by Gasteiger charge is -2.04. The van der Waals surface area contributed by atoms with Crippen LogP contribution in [0.5, 0.6) is 0 Å². The Morgan fingerprint density at radius 2 is 1.83 bits per heavy atom. The molecule has 0 aliphatic carbocycles. The standard InChI is InChI=1S/C14H18O4/c1-2-18-14(16)9-8-13(15)11-17-10-12-6-4-3-5-7-12/h3-7H,2,8-11H2,1H3. The molecule has 1 rings (SSSR count). The van der Waals surface area contributed by atoms with E-state index < -0.39 is 0 Å². The fourth-order valence-corrected chi connectivity index (χ4v) is 1.40. The number of hydrogen-bond acceptors (Lipinski definition) is 4. The third-order valence-corrected chi connectivity index (χ3v) is 2.29. The van der Waals surface area contributed by atoms with Gasteiger partial charge in [0.2, 0.25) is 0 Å². The van der Waals surface area contributed by atoms with Crippen LogP contribution < -0.4 is 0 Å². The zero-order chi connectivity index (χ0) is 13.2. The minimum absolute atomic E-state index is 0.0360. The molecular formula is C14H18O4. The lowest BCUT2D eigenvalue weighted by molar-refractivity contribution is -0.144. The van der Waals surface area contributed by atoms with E-state index in [-0.39, 0.29) is 31.2 Å². The third kappa shape index (κ3) is 6.15. The molecule has 4 heteroatoms. The van der Waals surface area contributed by atoms with Crippen LogP contribution >= 0.6 is 0 Å². The van der Waals surface area contributed by atoms with E-state index in [4.69, 9.17) is 9.47 Å². The van der Waals surface area contributed by atoms with Gasteiger partial charge in [-0.3, -0.25) is 9.59 Å². The van der Waals surface area contributed by atoms with Gasteiger partial charge in [0.25, 0.3) is 0 Å². The van der Waals surface area contributed by atoms with E-state index >= 15 is 0 Å². The Bertz CT molecular complexity index is 373. The molecule has 0 saturated heterocycles. The van der Waals surface area contributed by atoms with Crippen molar-refractivity contribution in [3.05, 3.63) is 35.9 Å². The molecule has 1 aromatic rings. The summed E-state index contributed by atoms with van der Waals surface area (Å²) in [6, 6.07) is 9.63. The zero-order valence-electron chi connectivity index (χ0n) is 10.6. The van der Waals surface area contributed by atoms with Crippen molar-refractivity contribution in [2.24, 2.45) is 0 Å². The molecule has 1 aromatic carbocycles. The van der Waals surface area contributed by atoms with Crippen LogP contribution in [-0.4, -0.2) is 25.0 Å². The van der Waals surface area contributed by atoms with Crippen molar-refractivity contribution in [3.8, 4) is 0 Å². The van der Waals surface area contributed by atoms with Crippen LogP contribution in [0.3, 0.4) is 0 Å². The first-order valence-electron chi connectivity index (χ1n) is 6.01. The molecule has 0 bridgehead atoms. The van der Waals surface area contributed by atoms with E-state index in [0.29, 0.717) is 13.2 Å². The summed E-state index contributed by atoms with van der Waals surface area (Å²) in [5.41, 5.74) is 1.02. The molecular weight excluding hydrogens is 232 g/mol. The van der Waals surface area contributed by atoms with Gasteiger partial charge in [0.05, 0.1) is 19.6 Å². The smallest absolute Gasteiger partial charge is 0.306 e. The van der Waals surface area contributed by atoms with Gasteiger partial charge >= 0.3 is 5.97 Å². The average molecular weight is 250 g/mol. The van der Waals surface area contributed by atoms with Crippen LogP contribution in [0.2, 0.25) is 0 Å². The largest absolute Gasteiger partial charge is 0.466 e. The van der Waals surface area contributed by atoms with Gasteiger partial charge in [-0.05, 0) is 12.5 Å². The first-order valence-corrected chi connectivity index (χ1v) is 6.01. The SMILES string of the molecule is CCOC(=O)CCC(=O)COCc1ccccc1. The molecule has 0 N–H and O–H groups in total. The summed E-state index contributed by atoms with van der Waals surface area (Å²) in [6.07, 6.45) is 0.301. The number of esters is 1. The van der Waals surface area contributed by atoms with E-state index in [2.05, 4.69) is 0 Å². The predicted octanol–water partition coefficient (Wildman–Crippen LogP) is 2.12. The number of ketones is 1. The molecule has 0 radical (unpaired) electrons.